The highest BCUT2D eigenvalue weighted by Crippen LogP contribution is 2.22. The van der Waals surface area contributed by atoms with Crippen molar-refractivity contribution in [3.05, 3.63) is 0 Å². The summed E-state index contributed by atoms with van der Waals surface area (Å²) in [6.07, 6.45) is 8.63. The summed E-state index contributed by atoms with van der Waals surface area (Å²) in [7, 11) is 0. The van der Waals surface area contributed by atoms with Crippen LogP contribution in [0.3, 0.4) is 0 Å². The predicted molar refractivity (Wildman–Crippen MR) is 83.0 cm³/mol. The largest absolute Gasteiger partial charge is 0.354 e. The molecule has 0 saturated carbocycles. The molecule has 0 radical (unpaired) electrons. The molecular formula is C16H29N3O2. The van der Waals surface area contributed by atoms with Crippen molar-refractivity contribution < 1.29 is 9.59 Å². The van der Waals surface area contributed by atoms with Gasteiger partial charge in [-0.05, 0) is 44.4 Å². The molecule has 0 bridgehead atoms. The van der Waals surface area contributed by atoms with Crippen LogP contribution >= 0.6 is 0 Å². The fraction of sp³-hybridized carbons (Fsp3) is 0.875. The minimum absolute atomic E-state index is 0.0282. The van der Waals surface area contributed by atoms with Gasteiger partial charge in [0.25, 0.3) is 0 Å². The van der Waals surface area contributed by atoms with Crippen molar-refractivity contribution >= 4 is 11.9 Å². The van der Waals surface area contributed by atoms with E-state index in [1.165, 1.54) is 19.3 Å². The summed E-state index contributed by atoms with van der Waals surface area (Å²) in [5.41, 5.74) is 0. The van der Waals surface area contributed by atoms with Crippen molar-refractivity contribution in [1.29, 1.82) is 0 Å². The van der Waals surface area contributed by atoms with Crippen LogP contribution in [0.15, 0.2) is 0 Å². The van der Waals surface area contributed by atoms with E-state index < -0.39 is 0 Å². The second-order valence-electron chi connectivity index (χ2n) is 6.36. The lowest BCUT2D eigenvalue weighted by Gasteiger charge is -2.24. The molecule has 2 aliphatic heterocycles. The van der Waals surface area contributed by atoms with Crippen molar-refractivity contribution in [1.82, 2.24) is 15.5 Å². The molecule has 0 unspecified atom stereocenters. The molecular weight excluding hydrogens is 266 g/mol. The normalized spacial score (nSPS) is 27.5. The molecule has 2 atom stereocenters. The van der Waals surface area contributed by atoms with Crippen LogP contribution in [0, 0.1) is 5.92 Å². The molecule has 2 saturated heterocycles. The van der Waals surface area contributed by atoms with Gasteiger partial charge in [-0.1, -0.05) is 19.8 Å². The number of carbonyl (C=O) groups excluding carboxylic acids is 2. The third kappa shape index (κ3) is 4.90. The third-order valence-electron chi connectivity index (χ3n) is 4.66. The summed E-state index contributed by atoms with van der Waals surface area (Å²) in [6.45, 7) is 4.60. The Morgan fingerprint density at radius 3 is 2.90 bits per heavy atom. The van der Waals surface area contributed by atoms with E-state index in [2.05, 4.69) is 17.6 Å². The van der Waals surface area contributed by atoms with E-state index >= 15 is 0 Å². The number of hydrogen-bond donors (Lipinski definition) is 2. The first-order chi connectivity index (χ1) is 10.2. The molecule has 2 rings (SSSR count). The van der Waals surface area contributed by atoms with E-state index in [1.54, 1.807) is 0 Å². The lowest BCUT2D eigenvalue weighted by Crippen LogP contribution is -2.50. The zero-order chi connectivity index (χ0) is 15.1. The molecule has 21 heavy (non-hydrogen) atoms. The van der Waals surface area contributed by atoms with Crippen LogP contribution in [0.2, 0.25) is 0 Å². The average molecular weight is 295 g/mol. The van der Waals surface area contributed by atoms with Gasteiger partial charge in [0, 0.05) is 19.6 Å². The highest BCUT2D eigenvalue weighted by Gasteiger charge is 2.26. The topological polar surface area (TPSA) is 61.4 Å². The van der Waals surface area contributed by atoms with Crippen molar-refractivity contribution in [2.45, 2.75) is 64.3 Å². The van der Waals surface area contributed by atoms with E-state index in [0.717, 1.165) is 57.7 Å². The van der Waals surface area contributed by atoms with Gasteiger partial charge in [-0.25, -0.2) is 4.79 Å². The molecule has 0 aromatic heterocycles. The van der Waals surface area contributed by atoms with Crippen LogP contribution in [0.4, 0.5) is 4.79 Å². The van der Waals surface area contributed by atoms with Gasteiger partial charge in [0.2, 0.25) is 5.91 Å². The Hall–Kier alpha value is -1.26. The van der Waals surface area contributed by atoms with E-state index in [0.29, 0.717) is 0 Å². The zero-order valence-corrected chi connectivity index (χ0v) is 13.2. The van der Waals surface area contributed by atoms with Crippen molar-refractivity contribution in [3.63, 3.8) is 0 Å². The molecule has 0 aromatic rings. The monoisotopic (exact) mass is 295 g/mol. The molecule has 2 aliphatic rings. The standard InChI is InChI=1S/C16H29N3O2/c1-2-6-13-7-5-11-19(12-9-13)16(21)18-14-8-3-4-10-17-15(14)20/h13-14H,2-12H2,1H3,(H,17,20)(H,18,21)/t13-,14+/m1/s1. The van der Waals surface area contributed by atoms with Gasteiger partial charge in [0.05, 0.1) is 0 Å². The van der Waals surface area contributed by atoms with E-state index in [4.69, 9.17) is 0 Å². The van der Waals surface area contributed by atoms with Gasteiger partial charge in [-0.15, -0.1) is 0 Å². The fourth-order valence-electron chi connectivity index (χ4n) is 3.38. The van der Waals surface area contributed by atoms with Crippen LogP contribution in [0.25, 0.3) is 0 Å². The molecule has 120 valence electrons. The quantitative estimate of drug-likeness (QED) is 0.839. The SMILES string of the molecule is CCC[C@@H]1CCCN(C(=O)N[C@H]2CCCCNC2=O)CC1. The highest BCUT2D eigenvalue weighted by molar-refractivity contribution is 5.87. The number of urea groups is 1. The second kappa shape index (κ2) is 8.25. The number of carbonyl (C=O) groups is 2. The number of nitrogens with zero attached hydrogens (tertiary/aromatic N) is 1. The van der Waals surface area contributed by atoms with Crippen LogP contribution in [-0.2, 0) is 4.79 Å². The summed E-state index contributed by atoms with van der Waals surface area (Å²) in [5.74, 6) is 0.730. The Morgan fingerprint density at radius 2 is 2.10 bits per heavy atom. The number of likely N-dealkylation sites (tertiary alicyclic amines) is 1. The van der Waals surface area contributed by atoms with Crippen LogP contribution < -0.4 is 10.6 Å². The molecule has 2 N–H and O–H groups in total. The Balaban J connectivity index is 1.83. The molecule has 5 nitrogen and oxygen atoms in total. The molecule has 2 fully saturated rings. The maximum atomic E-state index is 12.4. The maximum Gasteiger partial charge on any atom is 0.318 e. The van der Waals surface area contributed by atoms with Crippen molar-refractivity contribution in [2.75, 3.05) is 19.6 Å². The minimum atomic E-state index is -0.352. The lowest BCUT2D eigenvalue weighted by atomic mass is 9.96. The van der Waals surface area contributed by atoms with E-state index in [-0.39, 0.29) is 18.0 Å². The van der Waals surface area contributed by atoms with E-state index in [9.17, 15) is 9.59 Å². The number of hydrogen-bond acceptors (Lipinski definition) is 2. The second-order valence-corrected chi connectivity index (χ2v) is 6.36. The average Bonchev–Trinajstić information content (AvgIpc) is 2.81. The Kier molecular flexibility index (Phi) is 6.33. The molecule has 0 spiro atoms. The Morgan fingerprint density at radius 1 is 1.24 bits per heavy atom. The Bertz CT molecular complexity index is 359. The molecule has 0 aliphatic carbocycles. The molecule has 0 aromatic carbocycles. The predicted octanol–water partition coefficient (Wildman–Crippen LogP) is 2.27. The smallest absolute Gasteiger partial charge is 0.318 e. The number of nitrogens with one attached hydrogen (secondary N) is 2. The van der Waals surface area contributed by atoms with Gasteiger partial charge < -0.3 is 15.5 Å². The first-order valence-corrected chi connectivity index (χ1v) is 8.54. The summed E-state index contributed by atoms with van der Waals surface area (Å²) >= 11 is 0. The van der Waals surface area contributed by atoms with Crippen LogP contribution in [0.1, 0.15) is 58.3 Å². The zero-order valence-electron chi connectivity index (χ0n) is 13.2. The van der Waals surface area contributed by atoms with Crippen molar-refractivity contribution in [3.8, 4) is 0 Å². The Labute approximate surface area is 127 Å². The van der Waals surface area contributed by atoms with Gasteiger partial charge in [0.1, 0.15) is 6.04 Å². The summed E-state index contributed by atoms with van der Waals surface area (Å²) in [4.78, 5) is 26.2. The summed E-state index contributed by atoms with van der Waals surface area (Å²) in [5, 5.41) is 5.79. The lowest BCUT2D eigenvalue weighted by molar-refractivity contribution is -0.122. The fourth-order valence-corrected chi connectivity index (χ4v) is 3.38. The van der Waals surface area contributed by atoms with Gasteiger partial charge >= 0.3 is 6.03 Å². The van der Waals surface area contributed by atoms with Crippen molar-refractivity contribution in [2.24, 2.45) is 5.92 Å². The van der Waals surface area contributed by atoms with Gasteiger partial charge in [-0.3, -0.25) is 4.79 Å². The maximum absolute atomic E-state index is 12.4. The first kappa shape index (κ1) is 16.1. The highest BCUT2D eigenvalue weighted by atomic mass is 16.2. The molecule has 2 heterocycles. The summed E-state index contributed by atoms with van der Waals surface area (Å²) < 4.78 is 0. The molecule has 3 amide bonds. The van der Waals surface area contributed by atoms with Crippen LogP contribution in [-0.4, -0.2) is 42.5 Å². The molecule has 5 heteroatoms. The van der Waals surface area contributed by atoms with Crippen LogP contribution in [0.5, 0.6) is 0 Å². The summed E-state index contributed by atoms with van der Waals surface area (Å²) in [6, 6.07) is -0.413. The van der Waals surface area contributed by atoms with E-state index in [1.807, 2.05) is 4.90 Å². The number of amides is 3. The minimum Gasteiger partial charge on any atom is -0.354 e. The first-order valence-electron chi connectivity index (χ1n) is 8.54. The van der Waals surface area contributed by atoms with Gasteiger partial charge in [0.15, 0.2) is 0 Å². The third-order valence-corrected chi connectivity index (χ3v) is 4.66. The van der Waals surface area contributed by atoms with Gasteiger partial charge in [-0.2, -0.15) is 0 Å². The number of rotatable bonds is 3.